The van der Waals surface area contributed by atoms with Gasteiger partial charge in [0.05, 0.1) is 22.4 Å². The van der Waals surface area contributed by atoms with Crippen molar-refractivity contribution in [2.75, 3.05) is 13.1 Å². The number of benzene rings is 1. The molecule has 1 aliphatic rings. The number of carboxylic acids is 1. The van der Waals surface area contributed by atoms with Crippen LogP contribution in [0.25, 0.3) is 11.0 Å². The highest BCUT2D eigenvalue weighted by atomic mass is 32.2. The van der Waals surface area contributed by atoms with Crippen LogP contribution in [-0.2, 0) is 14.8 Å². The predicted molar refractivity (Wildman–Crippen MR) is 91.6 cm³/mol. The van der Waals surface area contributed by atoms with Crippen LogP contribution in [0.3, 0.4) is 0 Å². The second-order valence-corrected chi connectivity index (χ2v) is 8.40. The maximum absolute atomic E-state index is 12.8. The third kappa shape index (κ3) is 3.25. The van der Waals surface area contributed by atoms with Gasteiger partial charge in [-0.3, -0.25) is 4.79 Å². The first-order valence-electron chi connectivity index (χ1n) is 8.42. The van der Waals surface area contributed by atoms with Gasteiger partial charge in [0.25, 0.3) is 0 Å². The SMILES string of the molecule is CC[C@H](C)n1nnc2cc(S(=O)(=O)N3CCC(C(=O)O)CC3)ccc21. The molecule has 1 aromatic carbocycles. The highest BCUT2D eigenvalue weighted by Crippen LogP contribution is 2.26. The second kappa shape index (κ2) is 6.72. The summed E-state index contributed by atoms with van der Waals surface area (Å²) in [4.78, 5) is 11.2. The van der Waals surface area contributed by atoms with Crippen LogP contribution in [-0.4, -0.2) is 51.9 Å². The molecule has 1 fully saturated rings. The van der Waals surface area contributed by atoms with Crippen LogP contribution in [0.4, 0.5) is 0 Å². The van der Waals surface area contributed by atoms with Crippen LogP contribution in [0.1, 0.15) is 39.2 Å². The summed E-state index contributed by atoms with van der Waals surface area (Å²) < 4.78 is 28.8. The zero-order valence-corrected chi connectivity index (χ0v) is 15.1. The Balaban J connectivity index is 1.87. The molecule has 8 nitrogen and oxygen atoms in total. The Morgan fingerprint density at radius 1 is 1.36 bits per heavy atom. The highest BCUT2D eigenvalue weighted by Gasteiger charge is 2.32. The molecule has 1 N–H and O–H groups in total. The van der Waals surface area contributed by atoms with Gasteiger partial charge in [0.1, 0.15) is 5.52 Å². The van der Waals surface area contributed by atoms with Gasteiger partial charge in [0, 0.05) is 13.1 Å². The Bertz CT molecular complexity index is 885. The van der Waals surface area contributed by atoms with Crippen LogP contribution in [0.5, 0.6) is 0 Å². The molecule has 0 bridgehead atoms. The van der Waals surface area contributed by atoms with Gasteiger partial charge in [-0.15, -0.1) is 5.10 Å². The number of carbonyl (C=O) groups is 1. The molecule has 2 aromatic rings. The predicted octanol–water partition coefficient (Wildman–Crippen LogP) is 1.89. The van der Waals surface area contributed by atoms with Crippen LogP contribution < -0.4 is 0 Å². The summed E-state index contributed by atoms with van der Waals surface area (Å²) in [5.74, 6) is -1.33. The van der Waals surface area contributed by atoms with E-state index in [1.165, 1.54) is 4.31 Å². The largest absolute Gasteiger partial charge is 0.481 e. The van der Waals surface area contributed by atoms with Crippen molar-refractivity contribution in [2.45, 2.75) is 44.0 Å². The van der Waals surface area contributed by atoms with Crippen LogP contribution in [0.15, 0.2) is 23.1 Å². The van der Waals surface area contributed by atoms with Crippen molar-refractivity contribution in [3.63, 3.8) is 0 Å². The number of nitrogens with zero attached hydrogens (tertiary/aromatic N) is 4. The van der Waals surface area contributed by atoms with Crippen LogP contribution in [0.2, 0.25) is 0 Å². The third-order valence-electron chi connectivity index (χ3n) is 4.89. The van der Waals surface area contributed by atoms with Crippen molar-refractivity contribution in [1.82, 2.24) is 19.3 Å². The van der Waals surface area contributed by atoms with E-state index >= 15 is 0 Å². The zero-order valence-electron chi connectivity index (χ0n) is 14.3. The minimum atomic E-state index is -3.66. The molecule has 25 heavy (non-hydrogen) atoms. The lowest BCUT2D eigenvalue weighted by Crippen LogP contribution is -2.40. The van der Waals surface area contributed by atoms with E-state index < -0.39 is 21.9 Å². The lowest BCUT2D eigenvalue weighted by Gasteiger charge is -2.29. The average Bonchev–Trinajstić information content (AvgIpc) is 3.04. The first-order valence-corrected chi connectivity index (χ1v) is 9.86. The van der Waals surface area contributed by atoms with E-state index in [0.29, 0.717) is 18.4 Å². The molecule has 0 radical (unpaired) electrons. The number of piperidine rings is 1. The minimum Gasteiger partial charge on any atom is -0.481 e. The van der Waals surface area contributed by atoms with Crippen molar-refractivity contribution in [2.24, 2.45) is 5.92 Å². The molecule has 0 amide bonds. The Labute approximate surface area is 146 Å². The fourth-order valence-corrected chi connectivity index (χ4v) is 4.56. The van der Waals surface area contributed by atoms with E-state index in [0.717, 1.165) is 11.9 Å². The summed E-state index contributed by atoms with van der Waals surface area (Å²) in [5, 5.41) is 17.3. The van der Waals surface area contributed by atoms with Crippen LogP contribution >= 0.6 is 0 Å². The molecule has 0 unspecified atom stereocenters. The van der Waals surface area contributed by atoms with Crippen molar-refractivity contribution < 1.29 is 18.3 Å². The molecule has 1 atom stereocenters. The molecule has 9 heteroatoms. The topological polar surface area (TPSA) is 105 Å². The Hall–Kier alpha value is -2.00. The summed E-state index contributed by atoms with van der Waals surface area (Å²) in [6, 6.07) is 5.03. The Kier molecular flexibility index (Phi) is 4.79. The van der Waals surface area contributed by atoms with Crippen molar-refractivity contribution in [3.05, 3.63) is 18.2 Å². The third-order valence-corrected chi connectivity index (χ3v) is 6.79. The maximum Gasteiger partial charge on any atom is 0.306 e. The van der Waals surface area contributed by atoms with Gasteiger partial charge in [0.2, 0.25) is 10.0 Å². The average molecular weight is 366 g/mol. The van der Waals surface area contributed by atoms with Gasteiger partial charge in [0.15, 0.2) is 0 Å². The number of rotatable bonds is 5. The fraction of sp³-hybridized carbons (Fsp3) is 0.562. The Morgan fingerprint density at radius 2 is 2.04 bits per heavy atom. The van der Waals surface area contributed by atoms with Gasteiger partial charge in [-0.25, -0.2) is 13.1 Å². The summed E-state index contributed by atoms with van der Waals surface area (Å²) in [6.07, 6.45) is 1.57. The molecular weight excluding hydrogens is 344 g/mol. The van der Waals surface area contributed by atoms with Crippen molar-refractivity contribution in [3.8, 4) is 0 Å². The normalized spacial score (nSPS) is 18.5. The summed E-state index contributed by atoms with van der Waals surface area (Å²) in [6.45, 7) is 4.52. The standard InChI is InChI=1S/C16H22N4O4S/c1-3-11(2)20-15-5-4-13(10-14(15)17-18-20)25(23,24)19-8-6-12(7-9-19)16(21)22/h4-5,10-12H,3,6-9H2,1-2H3,(H,21,22)/t11-/m0/s1. The Morgan fingerprint density at radius 3 is 2.64 bits per heavy atom. The highest BCUT2D eigenvalue weighted by molar-refractivity contribution is 7.89. The van der Waals surface area contributed by atoms with Gasteiger partial charge >= 0.3 is 5.97 Å². The van der Waals surface area contributed by atoms with Gasteiger partial charge < -0.3 is 5.11 Å². The van der Waals surface area contributed by atoms with Crippen molar-refractivity contribution >= 4 is 27.0 Å². The molecule has 1 saturated heterocycles. The van der Waals surface area contributed by atoms with E-state index in [-0.39, 0.29) is 24.0 Å². The van der Waals surface area contributed by atoms with E-state index in [2.05, 4.69) is 17.2 Å². The number of fused-ring (bicyclic) bond motifs is 1. The van der Waals surface area contributed by atoms with E-state index in [1.54, 1.807) is 22.9 Å². The minimum absolute atomic E-state index is 0.171. The molecule has 0 spiro atoms. The lowest BCUT2D eigenvalue weighted by atomic mass is 9.99. The maximum atomic E-state index is 12.8. The molecule has 0 saturated carbocycles. The number of aromatic nitrogens is 3. The summed E-state index contributed by atoms with van der Waals surface area (Å²) in [7, 11) is -3.66. The number of aliphatic carboxylic acids is 1. The van der Waals surface area contributed by atoms with Crippen molar-refractivity contribution in [1.29, 1.82) is 0 Å². The fourth-order valence-electron chi connectivity index (χ4n) is 3.07. The van der Waals surface area contributed by atoms with E-state index in [4.69, 9.17) is 5.11 Å². The summed E-state index contributed by atoms with van der Waals surface area (Å²) >= 11 is 0. The smallest absolute Gasteiger partial charge is 0.306 e. The molecule has 3 rings (SSSR count). The van der Waals surface area contributed by atoms with Gasteiger partial charge in [-0.2, -0.15) is 4.31 Å². The molecule has 136 valence electrons. The number of hydrogen-bond acceptors (Lipinski definition) is 5. The number of hydrogen-bond donors (Lipinski definition) is 1. The molecule has 0 aliphatic carbocycles. The van der Waals surface area contributed by atoms with Gasteiger partial charge in [-0.1, -0.05) is 12.1 Å². The van der Waals surface area contributed by atoms with Crippen LogP contribution in [0, 0.1) is 5.92 Å². The van der Waals surface area contributed by atoms with E-state index in [9.17, 15) is 13.2 Å². The zero-order chi connectivity index (χ0) is 18.2. The second-order valence-electron chi connectivity index (χ2n) is 6.46. The van der Waals surface area contributed by atoms with E-state index in [1.807, 2.05) is 6.92 Å². The first kappa shape index (κ1) is 17.8. The monoisotopic (exact) mass is 366 g/mol. The molecule has 1 aromatic heterocycles. The lowest BCUT2D eigenvalue weighted by molar-refractivity contribution is -0.142. The molecule has 1 aliphatic heterocycles. The molecular formula is C16H22N4O4S. The summed E-state index contributed by atoms with van der Waals surface area (Å²) in [5.41, 5.74) is 1.35. The number of carboxylic acid groups (broad SMARTS) is 1. The number of sulfonamides is 1. The quantitative estimate of drug-likeness (QED) is 0.866. The van der Waals surface area contributed by atoms with Gasteiger partial charge in [-0.05, 0) is 44.4 Å². The molecule has 2 heterocycles. The first-order chi connectivity index (χ1) is 11.8.